The van der Waals surface area contributed by atoms with E-state index in [-0.39, 0.29) is 29.8 Å². The molecule has 1 unspecified atom stereocenters. The summed E-state index contributed by atoms with van der Waals surface area (Å²) in [6, 6.07) is 4.33. The Kier molecular flexibility index (Phi) is 8.35. The molecule has 1 aromatic rings. The van der Waals surface area contributed by atoms with E-state index in [1.54, 1.807) is 0 Å². The van der Waals surface area contributed by atoms with Gasteiger partial charge in [-0.25, -0.2) is 0 Å². The predicted molar refractivity (Wildman–Crippen MR) is 118 cm³/mol. The molecule has 2 amide bonds. The number of unbranched alkanes of at least 4 members (excludes halogenated alkanes) is 1. The number of hydrogen-bond donors (Lipinski definition) is 0. The molecular formula is C24H41N3O2. The van der Waals surface area contributed by atoms with E-state index in [9.17, 15) is 9.59 Å². The number of hydrogen-bond acceptors (Lipinski definition) is 2. The lowest BCUT2D eigenvalue weighted by molar-refractivity contribution is -0.142. The van der Waals surface area contributed by atoms with Gasteiger partial charge in [0.25, 0.3) is 0 Å². The first-order valence-corrected chi connectivity index (χ1v) is 11.3. The Hall–Kier alpha value is -1.78. The third-order valence-corrected chi connectivity index (χ3v) is 5.64. The highest BCUT2D eigenvalue weighted by atomic mass is 16.2. The lowest BCUT2D eigenvalue weighted by atomic mass is 9.84. The minimum atomic E-state index is 0.0726. The van der Waals surface area contributed by atoms with Crippen molar-refractivity contribution in [2.75, 3.05) is 13.1 Å². The molecule has 1 atom stereocenters. The Balaban J connectivity index is 2.01. The number of aromatic nitrogens is 1. The summed E-state index contributed by atoms with van der Waals surface area (Å²) < 4.78 is 2.06. The van der Waals surface area contributed by atoms with Crippen molar-refractivity contribution in [1.82, 2.24) is 14.4 Å². The molecule has 29 heavy (non-hydrogen) atoms. The fourth-order valence-corrected chi connectivity index (χ4v) is 4.08. The van der Waals surface area contributed by atoms with Gasteiger partial charge in [-0.2, -0.15) is 0 Å². The van der Waals surface area contributed by atoms with E-state index in [0.29, 0.717) is 18.9 Å². The number of aryl methyl sites for hydroxylation is 1. The zero-order valence-electron chi connectivity index (χ0n) is 19.4. The average molecular weight is 404 g/mol. The first-order valence-electron chi connectivity index (χ1n) is 11.3. The molecule has 0 saturated heterocycles. The second-order valence-electron chi connectivity index (χ2n) is 10.1. The number of nitrogens with zero attached hydrogens (tertiary/aromatic N) is 3. The lowest BCUT2D eigenvalue weighted by Crippen LogP contribution is -2.44. The van der Waals surface area contributed by atoms with Crippen molar-refractivity contribution >= 4 is 11.8 Å². The van der Waals surface area contributed by atoms with Gasteiger partial charge in [-0.05, 0) is 49.1 Å². The third-order valence-electron chi connectivity index (χ3n) is 5.64. The SMILES string of the molecule is CCCCN(Cc1cccn1C)C(=O)CN(C(=O)CC(C)CC(C)(C)C)C1CC1. The summed E-state index contributed by atoms with van der Waals surface area (Å²) in [6.45, 7) is 12.5. The van der Waals surface area contributed by atoms with E-state index >= 15 is 0 Å². The van der Waals surface area contributed by atoms with Gasteiger partial charge in [0.1, 0.15) is 6.54 Å². The van der Waals surface area contributed by atoms with Crippen LogP contribution in [0.5, 0.6) is 0 Å². The Labute approximate surface area is 177 Å². The van der Waals surface area contributed by atoms with Crippen LogP contribution in [0.3, 0.4) is 0 Å². The van der Waals surface area contributed by atoms with Gasteiger partial charge in [0.2, 0.25) is 11.8 Å². The molecule has 1 aliphatic carbocycles. The van der Waals surface area contributed by atoms with Crippen LogP contribution in [-0.2, 0) is 23.2 Å². The monoisotopic (exact) mass is 403 g/mol. The van der Waals surface area contributed by atoms with E-state index < -0.39 is 0 Å². The number of carbonyl (C=O) groups is 2. The Morgan fingerprint density at radius 2 is 1.93 bits per heavy atom. The first kappa shape index (κ1) is 23.5. The van der Waals surface area contributed by atoms with Crippen molar-refractivity contribution < 1.29 is 9.59 Å². The van der Waals surface area contributed by atoms with Gasteiger partial charge in [0.05, 0.1) is 6.54 Å². The molecule has 0 aliphatic heterocycles. The van der Waals surface area contributed by atoms with Crippen LogP contribution in [0, 0.1) is 11.3 Å². The van der Waals surface area contributed by atoms with Crippen LogP contribution >= 0.6 is 0 Å². The Morgan fingerprint density at radius 1 is 1.24 bits per heavy atom. The molecule has 0 radical (unpaired) electrons. The van der Waals surface area contributed by atoms with Crippen LogP contribution in [0.25, 0.3) is 0 Å². The molecule has 1 saturated carbocycles. The van der Waals surface area contributed by atoms with Gasteiger partial charge in [-0.3, -0.25) is 9.59 Å². The van der Waals surface area contributed by atoms with Gasteiger partial charge >= 0.3 is 0 Å². The van der Waals surface area contributed by atoms with Crippen molar-refractivity contribution in [1.29, 1.82) is 0 Å². The van der Waals surface area contributed by atoms with Crippen LogP contribution in [0.4, 0.5) is 0 Å². The zero-order valence-corrected chi connectivity index (χ0v) is 19.4. The molecule has 0 spiro atoms. The maximum absolute atomic E-state index is 13.2. The summed E-state index contributed by atoms with van der Waals surface area (Å²) >= 11 is 0. The molecular weight excluding hydrogens is 362 g/mol. The van der Waals surface area contributed by atoms with Gasteiger partial charge in [-0.1, -0.05) is 41.0 Å². The normalized spacial score (nSPS) is 15.2. The lowest BCUT2D eigenvalue weighted by Gasteiger charge is -2.29. The van der Waals surface area contributed by atoms with Crippen LogP contribution in [0.15, 0.2) is 18.3 Å². The standard InChI is InChI=1S/C24H41N3O2/c1-7-8-14-26(17-21-10-9-13-25(21)6)23(29)18-27(20-11-12-20)22(28)15-19(2)16-24(3,4)5/h9-10,13,19-20H,7-8,11-12,14-18H2,1-6H3. The third kappa shape index (κ3) is 7.87. The van der Waals surface area contributed by atoms with Crippen molar-refractivity contribution in [3.63, 3.8) is 0 Å². The van der Waals surface area contributed by atoms with Crippen LogP contribution in [0.2, 0.25) is 0 Å². The largest absolute Gasteiger partial charge is 0.353 e. The highest BCUT2D eigenvalue weighted by molar-refractivity contribution is 5.85. The van der Waals surface area contributed by atoms with Crippen molar-refractivity contribution in [3.05, 3.63) is 24.0 Å². The number of amides is 2. The fourth-order valence-electron chi connectivity index (χ4n) is 4.08. The highest BCUT2D eigenvalue weighted by Gasteiger charge is 2.35. The molecule has 164 valence electrons. The fraction of sp³-hybridized carbons (Fsp3) is 0.750. The molecule has 0 N–H and O–H groups in total. The first-order chi connectivity index (χ1) is 13.6. The molecule has 5 heteroatoms. The number of rotatable bonds is 11. The molecule has 0 aromatic carbocycles. The van der Waals surface area contributed by atoms with E-state index in [1.807, 2.05) is 29.1 Å². The minimum absolute atomic E-state index is 0.0726. The summed E-state index contributed by atoms with van der Waals surface area (Å²) in [4.78, 5) is 30.0. The molecule has 1 heterocycles. The maximum Gasteiger partial charge on any atom is 0.242 e. The molecule has 1 aliphatic rings. The second-order valence-corrected chi connectivity index (χ2v) is 10.1. The zero-order chi connectivity index (χ0) is 21.6. The Bertz CT molecular complexity index is 670. The van der Waals surface area contributed by atoms with Gasteiger partial charge in [-0.15, -0.1) is 0 Å². The smallest absolute Gasteiger partial charge is 0.242 e. The van der Waals surface area contributed by atoms with Crippen molar-refractivity contribution in [3.8, 4) is 0 Å². The molecule has 1 aromatic heterocycles. The van der Waals surface area contributed by atoms with Crippen molar-refractivity contribution in [2.45, 2.75) is 85.7 Å². The minimum Gasteiger partial charge on any atom is -0.353 e. The molecule has 5 nitrogen and oxygen atoms in total. The van der Waals surface area contributed by atoms with E-state index in [1.165, 1.54) is 0 Å². The second kappa shape index (κ2) is 10.3. The van der Waals surface area contributed by atoms with Gasteiger partial charge < -0.3 is 14.4 Å². The molecule has 1 fully saturated rings. The summed E-state index contributed by atoms with van der Waals surface area (Å²) in [5.74, 6) is 0.550. The Morgan fingerprint density at radius 3 is 2.45 bits per heavy atom. The van der Waals surface area contributed by atoms with Crippen LogP contribution in [0.1, 0.15) is 78.8 Å². The van der Waals surface area contributed by atoms with E-state index in [0.717, 1.165) is 44.3 Å². The topological polar surface area (TPSA) is 45.6 Å². The quantitative estimate of drug-likeness (QED) is 0.542. The molecule has 0 bridgehead atoms. The van der Waals surface area contributed by atoms with Crippen molar-refractivity contribution in [2.24, 2.45) is 18.4 Å². The number of carbonyl (C=O) groups excluding carboxylic acids is 2. The summed E-state index contributed by atoms with van der Waals surface area (Å²) in [5, 5.41) is 0. The average Bonchev–Trinajstić information content (AvgIpc) is 3.37. The van der Waals surface area contributed by atoms with E-state index in [2.05, 4.69) is 45.3 Å². The van der Waals surface area contributed by atoms with Gasteiger partial charge in [0.15, 0.2) is 0 Å². The van der Waals surface area contributed by atoms with Crippen LogP contribution < -0.4 is 0 Å². The van der Waals surface area contributed by atoms with Gasteiger partial charge in [0, 0.05) is 37.9 Å². The summed E-state index contributed by atoms with van der Waals surface area (Å²) in [6.07, 6.45) is 7.64. The maximum atomic E-state index is 13.2. The van der Waals surface area contributed by atoms with Crippen LogP contribution in [-0.4, -0.2) is 45.3 Å². The molecule has 2 rings (SSSR count). The highest BCUT2D eigenvalue weighted by Crippen LogP contribution is 2.30. The van der Waals surface area contributed by atoms with E-state index in [4.69, 9.17) is 0 Å². The predicted octanol–water partition coefficient (Wildman–Crippen LogP) is 4.61. The summed E-state index contributed by atoms with van der Waals surface area (Å²) in [7, 11) is 2.01. The summed E-state index contributed by atoms with van der Waals surface area (Å²) in [5.41, 5.74) is 1.34.